The van der Waals surface area contributed by atoms with Crippen LogP contribution < -0.4 is 5.32 Å². The minimum Gasteiger partial charge on any atom is -0.347 e. The number of halogens is 1. The minimum atomic E-state index is -0.303. The van der Waals surface area contributed by atoms with Gasteiger partial charge in [-0.15, -0.1) is 11.3 Å². The second kappa shape index (κ2) is 6.13. The number of carbonyl (C=O) groups is 1. The summed E-state index contributed by atoms with van der Waals surface area (Å²) in [5, 5.41) is 3.82. The molecule has 0 saturated heterocycles. The maximum absolute atomic E-state index is 13.3. The molecule has 1 amide bonds. The Morgan fingerprint density at radius 3 is 2.96 bits per heavy atom. The molecule has 0 spiro atoms. The van der Waals surface area contributed by atoms with Crippen molar-refractivity contribution in [3.63, 3.8) is 0 Å². The highest BCUT2D eigenvalue weighted by molar-refractivity contribution is 7.18. The number of aromatic nitrogens is 3. The number of thiazole rings is 1. The van der Waals surface area contributed by atoms with Gasteiger partial charge in [0.2, 0.25) is 5.91 Å². The lowest BCUT2D eigenvalue weighted by atomic mass is 10.2. The van der Waals surface area contributed by atoms with Crippen molar-refractivity contribution in [2.75, 3.05) is 0 Å². The molecule has 2 N–H and O–H groups in total. The number of rotatable bonds is 4. The molecule has 5 rings (SSSR count). The van der Waals surface area contributed by atoms with E-state index in [0.29, 0.717) is 5.52 Å². The fraction of sp³-hybridized carbons (Fsp3) is 0.250. The molecule has 5 nitrogen and oxygen atoms in total. The van der Waals surface area contributed by atoms with E-state index in [4.69, 9.17) is 0 Å². The number of hydrogen-bond donors (Lipinski definition) is 2. The highest BCUT2D eigenvalue weighted by Gasteiger charge is 2.46. The number of amides is 1. The largest absolute Gasteiger partial charge is 0.347 e. The topological polar surface area (TPSA) is 70.7 Å². The van der Waals surface area contributed by atoms with Gasteiger partial charge < -0.3 is 10.3 Å². The lowest BCUT2D eigenvalue weighted by Gasteiger charge is -2.10. The third kappa shape index (κ3) is 2.98. The lowest BCUT2D eigenvalue weighted by Crippen LogP contribution is -2.28. The molecule has 1 fully saturated rings. The third-order valence-electron chi connectivity index (χ3n) is 4.98. The Balaban J connectivity index is 1.28. The molecule has 2 heterocycles. The molecule has 0 aliphatic heterocycles. The quantitative estimate of drug-likeness (QED) is 0.555. The van der Waals surface area contributed by atoms with Gasteiger partial charge in [0.05, 0.1) is 27.3 Å². The van der Waals surface area contributed by atoms with Gasteiger partial charge in [0.25, 0.3) is 0 Å². The number of H-pyrrole nitrogens is 1. The van der Waals surface area contributed by atoms with Crippen LogP contribution in [0.3, 0.4) is 0 Å². The minimum absolute atomic E-state index is 0.0124. The summed E-state index contributed by atoms with van der Waals surface area (Å²) in [5.74, 6) is 0.648. The van der Waals surface area contributed by atoms with Crippen molar-refractivity contribution in [3.8, 4) is 0 Å². The van der Waals surface area contributed by atoms with E-state index in [1.54, 1.807) is 6.07 Å². The van der Waals surface area contributed by atoms with Crippen LogP contribution in [0.15, 0.2) is 42.5 Å². The Morgan fingerprint density at radius 2 is 2.11 bits per heavy atom. The van der Waals surface area contributed by atoms with Gasteiger partial charge in [-0.1, -0.05) is 12.1 Å². The number of nitrogens with zero attached hydrogens (tertiary/aromatic N) is 2. The second-order valence-electron chi connectivity index (χ2n) is 6.98. The monoisotopic (exact) mass is 380 g/mol. The number of hydrogen-bond acceptors (Lipinski definition) is 4. The van der Waals surface area contributed by atoms with Gasteiger partial charge in [-0.25, -0.2) is 14.4 Å². The molecule has 27 heavy (non-hydrogen) atoms. The average Bonchev–Trinajstić information content (AvgIpc) is 3.16. The number of fused-ring (bicyclic) bond motifs is 2. The van der Waals surface area contributed by atoms with E-state index in [-0.39, 0.29) is 29.6 Å². The molecule has 7 heteroatoms. The highest BCUT2D eigenvalue weighted by Crippen LogP contribution is 2.47. The van der Waals surface area contributed by atoms with Crippen molar-refractivity contribution in [2.24, 2.45) is 5.92 Å². The van der Waals surface area contributed by atoms with Gasteiger partial charge >= 0.3 is 0 Å². The molecule has 2 aromatic heterocycles. The van der Waals surface area contributed by atoms with E-state index < -0.39 is 0 Å². The summed E-state index contributed by atoms with van der Waals surface area (Å²) < 4.78 is 14.3. The molecule has 3 atom stereocenters. The lowest BCUT2D eigenvalue weighted by molar-refractivity contribution is -0.123. The summed E-state index contributed by atoms with van der Waals surface area (Å²) in [6.45, 7) is 1.91. The second-order valence-corrected chi connectivity index (χ2v) is 8.04. The molecule has 136 valence electrons. The zero-order valence-corrected chi connectivity index (χ0v) is 15.4. The van der Waals surface area contributed by atoms with Crippen molar-refractivity contribution >= 4 is 38.5 Å². The van der Waals surface area contributed by atoms with Crippen LogP contribution in [0.5, 0.6) is 0 Å². The number of para-hydroxylation sites is 2. The van der Waals surface area contributed by atoms with E-state index in [0.717, 1.165) is 33.0 Å². The van der Waals surface area contributed by atoms with Crippen LogP contribution in [0.2, 0.25) is 0 Å². The van der Waals surface area contributed by atoms with Crippen molar-refractivity contribution < 1.29 is 9.18 Å². The predicted molar refractivity (Wildman–Crippen MR) is 103 cm³/mol. The molecule has 1 aliphatic carbocycles. The molecular formula is C20H17FN4OS. The zero-order chi connectivity index (χ0) is 18.5. The smallest absolute Gasteiger partial charge is 0.224 e. The highest BCUT2D eigenvalue weighted by atomic mass is 32.1. The van der Waals surface area contributed by atoms with E-state index in [1.807, 2.05) is 31.2 Å². The van der Waals surface area contributed by atoms with Gasteiger partial charge in [0.1, 0.15) is 16.6 Å². The summed E-state index contributed by atoms with van der Waals surface area (Å²) >= 11 is 1.48. The summed E-state index contributed by atoms with van der Waals surface area (Å²) in [6.07, 6.45) is 0.795. The van der Waals surface area contributed by atoms with Crippen LogP contribution >= 0.6 is 11.3 Å². The first kappa shape index (κ1) is 16.4. The normalized spacial score (nSPS) is 20.1. The molecule has 0 bridgehead atoms. The van der Waals surface area contributed by atoms with Crippen LogP contribution in [0, 0.1) is 11.7 Å². The number of aromatic amines is 1. The van der Waals surface area contributed by atoms with Crippen LogP contribution in [-0.2, 0) is 4.79 Å². The van der Waals surface area contributed by atoms with Crippen molar-refractivity contribution in [2.45, 2.75) is 25.3 Å². The molecule has 0 unspecified atom stereocenters. The van der Waals surface area contributed by atoms with Gasteiger partial charge in [0.15, 0.2) is 0 Å². The maximum Gasteiger partial charge on any atom is 0.224 e. The molecule has 0 radical (unpaired) electrons. The van der Waals surface area contributed by atoms with Crippen LogP contribution in [0.25, 0.3) is 21.3 Å². The summed E-state index contributed by atoms with van der Waals surface area (Å²) in [6, 6.07) is 12.2. The van der Waals surface area contributed by atoms with Crippen LogP contribution in [-0.4, -0.2) is 20.9 Å². The van der Waals surface area contributed by atoms with E-state index >= 15 is 0 Å². The van der Waals surface area contributed by atoms with Crippen LogP contribution in [0.1, 0.15) is 36.1 Å². The van der Waals surface area contributed by atoms with Gasteiger partial charge in [-0.2, -0.15) is 0 Å². The Morgan fingerprint density at radius 1 is 1.26 bits per heavy atom. The Labute approximate surface area is 158 Å². The molecule has 2 aromatic carbocycles. The number of imidazole rings is 1. The molecule has 4 aromatic rings. The number of carbonyl (C=O) groups excluding carboxylic acids is 1. The first-order chi connectivity index (χ1) is 13.1. The van der Waals surface area contributed by atoms with E-state index in [1.165, 1.54) is 23.5 Å². The fourth-order valence-electron chi connectivity index (χ4n) is 3.42. The van der Waals surface area contributed by atoms with Gasteiger partial charge in [0, 0.05) is 17.9 Å². The summed E-state index contributed by atoms with van der Waals surface area (Å²) in [7, 11) is 0. The molecule has 1 saturated carbocycles. The van der Waals surface area contributed by atoms with Crippen LogP contribution in [0.4, 0.5) is 4.39 Å². The van der Waals surface area contributed by atoms with Gasteiger partial charge in [-0.05, 0) is 37.6 Å². The van der Waals surface area contributed by atoms with E-state index in [2.05, 4.69) is 20.3 Å². The number of nitrogens with one attached hydrogen (secondary N) is 2. The first-order valence-corrected chi connectivity index (χ1v) is 9.71. The van der Waals surface area contributed by atoms with Crippen molar-refractivity contribution in [1.29, 1.82) is 0 Å². The number of benzene rings is 2. The Bertz CT molecular complexity index is 1130. The van der Waals surface area contributed by atoms with Crippen molar-refractivity contribution in [1.82, 2.24) is 20.3 Å². The Kier molecular flexibility index (Phi) is 3.72. The van der Waals surface area contributed by atoms with E-state index in [9.17, 15) is 9.18 Å². The van der Waals surface area contributed by atoms with Crippen molar-refractivity contribution in [3.05, 3.63) is 59.1 Å². The third-order valence-corrected chi connectivity index (χ3v) is 6.20. The SMILES string of the molecule is C[C@@H](NC(=O)[C@H]1C[C@@H]1c1nc2ccccc2[nH]1)c1nc2cc(F)ccc2s1. The fourth-order valence-corrected chi connectivity index (χ4v) is 4.37. The predicted octanol–water partition coefficient (Wildman–Crippen LogP) is 4.29. The molecule has 1 aliphatic rings. The zero-order valence-electron chi connectivity index (χ0n) is 14.6. The van der Waals surface area contributed by atoms with Gasteiger partial charge in [-0.3, -0.25) is 4.79 Å². The Hall–Kier alpha value is -2.80. The summed E-state index contributed by atoms with van der Waals surface area (Å²) in [4.78, 5) is 25.0. The maximum atomic E-state index is 13.3. The standard InChI is InChI=1S/C20H17FN4OS/c1-10(20-25-16-8-11(21)6-7-17(16)27-20)22-19(26)13-9-12(13)18-23-14-4-2-3-5-15(14)24-18/h2-8,10,12-13H,9H2,1H3,(H,22,26)(H,23,24)/t10-,12+,13+/m1/s1. The average molecular weight is 380 g/mol. The first-order valence-electron chi connectivity index (χ1n) is 8.89. The molecular weight excluding hydrogens is 363 g/mol. The summed E-state index contributed by atoms with van der Waals surface area (Å²) in [5.41, 5.74) is 2.55.